The van der Waals surface area contributed by atoms with Gasteiger partial charge in [0.15, 0.2) is 37.6 Å². The van der Waals surface area contributed by atoms with E-state index in [4.69, 9.17) is 61.6 Å². The van der Waals surface area contributed by atoms with E-state index in [1.807, 2.05) is 13.8 Å². The first-order valence-corrected chi connectivity index (χ1v) is 33.2. The highest BCUT2D eigenvalue weighted by Gasteiger charge is 2.58. The quantitative estimate of drug-likeness (QED) is 0.0349. The minimum atomic E-state index is -1.78. The number of hydrogen-bond acceptors (Lipinski definition) is 22. The van der Waals surface area contributed by atoms with Crippen LogP contribution < -0.4 is 0 Å². The monoisotopic (exact) mass is 1220 g/mol. The summed E-state index contributed by atoms with van der Waals surface area (Å²) in [7, 11) is 0. The number of aliphatic hydroxyl groups excluding tert-OH is 8. The summed E-state index contributed by atoms with van der Waals surface area (Å²) < 4.78 is 84.4. The normalized spacial score (nSPS) is 42.5. The molecule has 6 rings (SSSR count). The molecule has 0 spiro atoms. The molecule has 0 aromatic rings. The van der Waals surface area contributed by atoms with E-state index in [-0.39, 0.29) is 25.0 Å². The van der Waals surface area contributed by atoms with Crippen LogP contribution in [0.1, 0.15) is 216 Å². The molecule has 0 aliphatic carbocycles. The second-order valence-electron chi connectivity index (χ2n) is 25.4. The van der Waals surface area contributed by atoms with Crippen molar-refractivity contribution in [2.75, 3.05) is 13.2 Å². The zero-order valence-corrected chi connectivity index (χ0v) is 52.8. The van der Waals surface area contributed by atoms with Crippen molar-refractivity contribution in [3.8, 4) is 0 Å². The Bertz CT molecular complexity index is 1820. The molecule has 8 N–H and O–H groups in total. The molecule has 0 unspecified atom stereocenters. The fourth-order valence-corrected chi connectivity index (χ4v) is 12.4. The Labute approximate surface area is 506 Å². The van der Waals surface area contributed by atoms with E-state index in [1.54, 1.807) is 27.7 Å². The van der Waals surface area contributed by atoms with Gasteiger partial charge in [0.25, 0.3) is 0 Å². The van der Waals surface area contributed by atoms with Crippen LogP contribution in [-0.2, 0) is 66.4 Å². The van der Waals surface area contributed by atoms with Gasteiger partial charge in [-0.3, -0.25) is 4.79 Å². The van der Waals surface area contributed by atoms with Crippen LogP contribution in [0.3, 0.4) is 0 Å². The standard InChI is InChI=1S/C63H114O22/c1-10-13-15-16-17-18-19-23-26-30-34-73-58-57(85-59-49(70)46(67)44(65)37(5)75-59)54(82-60-50(71)48(69)52(39(7)77-60)74-35-36(4)12-3)41(9)79-63(58)83-53-40(8)78-61-51(72)55(53)81-43(64)33-29-25-22-20-21-24-28-32-42(31-27-14-11-2)80-62-56(84-61)47(68)45(66)38(6)76-62/h36-42,44-63,65-72H,10-35H2,1-9H3/t36-,37-,38+,39-,40-,41-,42-,44-,45-,46+,47-,48-,49+,50+,51+,52-,53-,54-,55-,56+,57+,58+,59-,60-,61-,62+,63-/m0/s1. The molecule has 6 heterocycles. The Morgan fingerprint density at radius 1 is 0.435 bits per heavy atom. The third-order valence-electron chi connectivity index (χ3n) is 18.2. The summed E-state index contributed by atoms with van der Waals surface area (Å²) in [5, 5.41) is 92.0. The summed E-state index contributed by atoms with van der Waals surface area (Å²) in [5.41, 5.74) is 0. The summed E-state index contributed by atoms with van der Waals surface area (Å²) in [5.74, 6) is -0.433. The summed E-state index contributed by atoms with van der Waals surface area (Å²) in [6.07, 6.45) is -11.9. The highest BCUT2D eigenvalue weighted by Crippen LogP contribution is 2.39. The Morgan fingerprint density at radius 2 is 0.953 bits per heavy atom. The molecule has 22 nitrogen and oxygen atoms in total. The van der Waals surface area contributed by atoms with E-state index in [9.17, 15) is 45.6 Å². The predicted octanol–water partition coefficient (Wildman–Crippen LogP) is 6.28. The van der Waals surface area contributed by atoms with Gasteiger partial charge in [-0.25, -0.2) is 0 Å². The van der Waals surface area contributed by atoms with Gasteiger partial charge in [0, 0.05) is 19.6 Å². The lowest BCUT2D eigenvalue weighted by molar-refractivity contribution is -0.402. The first-order chi connectivity index (χ1) is 40.8. The van der Waals surface area contributed by atoms with E-state index < -0.39 is 159 Å². The SMILES string of the molecule is CCCCCCCCCCCCO[C@H]1[C@H](O[C@@H]2[C@H]3OC(=O)CCCCCCCCC[C@H](CCCCC)O[C@H]4O[C@H](C)[C@H](O)[C@H](O)[C@H]4O[C@H](O[C@H]2C)[C@@H]3O)O[C@@H](C)[C@H](O[C@@H]2O[C@@H](C)[C@H](OC[C@@H](C)CC)[C@@H](O)[C@H]2O)[C@H]1O[C@@H]1O[C@@H](C)[C@H](O)[C@@H](O)[C@H]1O. The van der Waals surface area contributed by atoms with Gasteiger partial charge in [-0.15, -0.1) is 0 Å². The van der Waals surface area contributed by atoms with Gasteiger partial charge in [-0.1, -0.05) is 150 Å². The second-order valence-corrected chi connectivity index (χ2v) is 25.4. The molecule has 22 heteroatoms. The predicted molar refractivity (Wildman–Crippen MR) is 310 cm³/mol. The number of ether oxygens (including phenoxy) is 13. The smallest absolute Gasteiger partial charge is 0.306 e. The Hall–Kier alpha value is -1.33. The number of carbonyl (C=O) groups excluding carboxylic acids is 1. The van der Waals surface area contributed by atoms with Gasteiger partial charge in [0.05, 0.1) is 36.6 Å². The van der Waals surface area contributed by atoms with Crippen LogP contribution in [0.25, 0.3) is 0 Å². The molecule has 0 aromatic carbocycles. The topological polar surface area (TPSA) is 299 Å². The molecule has 0 radical (unpaired) electrons. The Kier molecular flexibility index (Phi) is 31.9. The van der Waals surface area contributed by atoms with Crippen LogP contribution in [-0.4, -0.2) is 220 Å². The van der Waals surface area contributed by atoms with Gasteiger partial charge in [0.1, 0.15) is 85.5 Å². The number of hydrogen-bond donors (Lipinski definition) is 8. The maximum absolute atomic E-state index is 14.0. The highest BCUT2D eigenvalue weighted by molar-refractivity contribution is 5.69. The number of rotatable bonds is 26. The molecule has 6 aliphatic heterocycles. The first kappa shape index (κ1) is 72.7. The van der Waals surface area contributed by atoms with Gasteiger partial charge >= 0.3 is 5.97 Å². The van der Waals surface area contributed by atoms with Gasteiger partial charge < -0.3 is 102 Å². The molecular formula is C63H114O22. The third-order valence-corrected chi connectivity index (χ3v) is 18.2. The van der Waals surface area contributed by atoms with Crippen LogP contribution >= 0.6 is 0 Å². The average molecular weight is 1220 g/mol. The maximum Gasteiger partial charge on any atom is 0.306 e. The number of unbranched alkanes of at least 4 members (excludes halogenated alkanes) is 11. The average Bonchev–Trinajstić information content (AvgIpc) is 3.55. The van der Waals surface area contributed by atoms with E-state index in [0.717, 1.165) is 103 Å². The van der Waals surface area contributed by atoms with Crippen molar-refractivity contribution in [2.45, 2.75) is 376 Å². The number of esters is 1. The van der Waals surface area contributed by atoms with Crippen molar-refractivity contribution >= 4 is 5.97 Å². The van der Waals surface area contributed by atoms with Crippen LogP contribution in [0, 0.1) is 5.92 Å². The van der Waals surface area contributed by atoms with Crippen molar-refractivity contribution in [2.24, 2.45) is 5.92 Å². The molecule has 85 heavy (non-hydrogen) atoms. The summed E-state index contributed by atoms with van der Waals surface area (Å²) in [4.78, 5) is 14.0. The largest absolute Gasteiger partial charge is 0.456 e. The van der Waals surface area contributed by atoms with E-state index in [0.29, 0.717) is 19.4 Å². The lowest BCUT2D eigenvalue weighted by Crippen LogP contribution is -2.68. The van der Waals surface area contributed by atoms with Crippen molar-refractivity contribution in [3.63, 3.8) is 0 Å². The van der Waals surface area contributed by atoms with Gasteiger partial charge in [-0.2, -0.15) is 0 Å². The molecule has 0 amide bonds. The minimum Gasteiger partial charge on any atom is -0.456 e. The number of carbonyl (C=O) groups is 1. The molecule has 6 aliphatic rings. The summed E-state index contributed by atoms with van der Waals surface area (Å²) in [6, 6.07) is 0. The lowest BCUT2D eigenvalue weighted by atomic mass is 9.95. The van der Waals surface area contributed by atoms with Gasteiger partial charge in [-0.05, 0) is 66.2 Å². The number of aliphatic hydroxyl groups is 8. The van der Waals surface area contributed by atoms with E-state index in [2.05, 4.69) is 13.8 Å². The van der Waals surface area contributed by atoms with Crippen molar-refractivity contribution in [3.05, 3.63) is 0 Å². The molecule has 6 fully saturated rings. The third kappa shape index (κ3) is 21.1. The molecule has 6 saturated heterocycles. The molecule has 498 valence electrons. The van der Waals surface area contributed by atoms with E-state index >= 15 is 0 Å². The lowest BCUT2D eigenvalue weighted by Gasteiger charge is -2.51. The molecule has 0 saturated carbocycles. The van der Waals surface area contributed by atoms with Gasteiger partial charge in [0.2, 0.25) is 0 Å². The van der Waals surface area contributed by atoms with E-state index in [1.165, 1.54) is 39.0 Å². The van der Waals surface area contributed by atoms with Crippen LogP contribution in [0.4, 0.5) is 0 Å². The molecule has 0 aromatic heterocycles. The molecule has 2 bridgehead atoms. The number of fused-ring (bicyclic) bond motifs is 3. The maximum atomic E-state index is 14.0. The zero-order valence-electron chi connectivity index (χ0n) is 52.8. The Balaban J connectivity index is 1.33. The van der Waals surface area contributed by atoms with Crippen LogP contribution in [0.2, 0.25) is 0 Å². The molecular weight excluding hydrogens is 1110 g/mol. The minimum absolute atomic E-state index is 0.0393. The second kappa shape index (κ2) is 37.2. The van der Waals surface area contributed by atoms with Crippen molar-refractivity contribution < 1.29 is 107 Å². The Morgan fingerprint density at radius 3 is 1.62 bits per heavy atom. The summed E-state index contributed by atoms with van der Waals surface area (Å²) >= 11 is 0. The first-order valence-electron chi connectivity index (χ1n) is 33.2. The highest BCUT2D eigenvalue weighted by atomic mass is 16.8. The van der Waals surface area contributed by atoms with Crippen molar-refractivity contribution in [1.29, 1.82) is 0 Å². The fourth-order valence-electron chi connectivity index (χ4n) is 12.4. The van der Waals surface area contributed by atoms with Crippen molar-refractivity contribution in [1.82, 2.24) is 0 Å². The fraction of sp³-hybridized carbons (Fsp3) is 0.984. The summed E-state index contributed by atoms with van der Waals surface area (Å²) in [6.45, 7) is 17.0. The van der Waals surface area contributed by atoms with Crippen LogP contribution in [0.15, 0.2) is 0 Å². The zero-order chi connectivity index (χ0) is 61.7. The van der Waals surface area contributed by atoms with Crippen LogP contribution in [0.5, 0.6) is 0 Å². The molecule has 27 atom stereocenters.